The van der Waals surface area contributed by atoms with E-state index in [1.807, 2.05) is 6.92 Å². The number of esters is 1. The number of rotatable bonds is 8. The summed E-state index contributed by atoms with van der Waals surface area (Å²) in [7, 11) is 0. The van der Waals surface area contributed by atoms with Crippen LogP contribution < -0.4 is 10.6 Å². The van der Waals surface area contributed by atoms with Crippen molar-refractivity contribution in [3.05, 3.63) is 45.3 Å². The van der Waals surface area contributed by atoms with Crippen LogP contribution >= 0.6 is 23.6 Å². The Kier molecular flexibility index (Phi) is 8.22. The van der Waals surface area contributed by atoms with Gasteiger partial charge in [0.1, 0.15) is 10.6 Å². The molecule has 0 bridgehead atoms. The van der Waals surface area contributed by atoms with Crippen LogP contribution in [0.25, 0.3) is 11.1 Å². The van der Waals surface area contributed by atoms with E-state index in [-0.39, 0.29) is 28.9 Å². The molecular formula is C19H21N3O5S2. The molecule has 0 saturated heterocycles. The van der Waals surface area contributed by atoms with Crippen molar-refractivity contribution in [1.29, 1.82) is 0 Å². The second-order valence-corrected chi connectivity index (χ2v) is 7.28. The Bertz CT molecular complexity index is 926. The molecule has 0 aliphatic rings. The summed E-state index contributed by atoms with van der Waals surface area (Å²) in [6.45, 7) is 3.83. The van der Waals surface area contributed by atoms with Crippen molar-refractivity contribution in [1.82, 2.24) is 5.32 Å². The van der Waals surface area contributed by atoms with Gasteiger partial charge >= 0.3 is 5.97 Å². The number of thiophene rings is 1. The SMILES string of the molecule is CCCCC(=O)NC(=S)Nc1scc(-c2cccc([N+](=O)[O-])c2)c1C(=O)OCC. The lowest BCUT2D eigenvalue weighted by Crippen LogP contribution is -2.34. The fourth-order valence-electron chi connectivity index (χ4n) is 2.52. The van der Waals surface area contributed by atoms with Crippen molar-refractivity contribution < 1.29 is 19.2 Å². The number of amides is 1. The molecule has 0 fully saturated rings. The number of nitro groups is 1. The molecule has 2 N–H and O–H groups in total. The highest BCUT2D eigenvalue weighted by atomic mass is 32.1. The maximum absolute atomic E-state index is 12.6. The van der Waals surface area contributed by atoms with Crippen LogP contribution in [0.1, 0.15) is 43.5 Å². The van der Waals surface area contributed by atoms with Crippen LogP contribution in [0, 0.1) is 10.1 Å². The van der Waals surface area contributed by atoms with Crippen LogP contribution in [0.4, 0.5) is 10.7 Å². The van der Waals surface area contributed by atoms with Crippen LogP contribution in [0.5, 0.6) is 0 Å². The predicted molar refractivity (Wildman–Crippen MR) is 116 cm³/mol. The number of nitro benzene ring substituents is 1. The summed E-state index contributed by atoms with van der Waals surface area (Å²) in [6.07, 6.45) is 1.99. The Labute approximate surface area is 177 Å². The number of benzene rings is 1. The normalized spacial score (nSPS) is 10.3. The van der Waals surface area contributed by atoms with Gasteiger partial charge in [0.05, 0.1) is 11.5 Å². The van der Waals surface area contributed by atoms with Crippen LogP contribution in [-0.2, 0) is 9.53 Å². The lowest BCUT2D eigenvalue weighted by atomic mass is 10.0. The lowest BCUT2D eigenvalue weighted by Gasteiger charge is -2.11. The van der Waals surface area contributed by atoms with Crippen molar-refractivity contribution in [3.63, 3.8) is 0 Å². The van der Waals surface area contributed by atoms with Crippen LogP contribution in [0.2, 0.25) is 0 Å². The van der Waals surface area contributed by atoms with Gasteiger partial charge in [0.2, 0.25) is 5.91 Å². The van der Waals surface area contributed by atoms with E-state index < -0.39 is 10.9 Å². The highest BCUT2D eigenvalue weighted by Crippen LogP contribution is 2.37. The van der Waals surface area contributed by atoms with Gasteiger partial charge in [-0.2, -0.15) is 0 Å². The molecule has 0 atom stereocenters. The Hall–Kier alpha value is -2.85. The molecule has 8 nitrogen and oxygen atoms in total. The third-order valence-corrected chi connectivity index (χ3v) is 4.98. The highest BCUT2D eigenvalue weighted by Gasteiger charge is 2.23. The van der Waals surface area contributed by atoms with Gasteiger partial charge in [-0.25, -0.2) is 4.79 Å². The summed E-state index contributed by atoms with van der Waals surface area (Å²) in [5.74, 6) is -0.796. The molecule has 2 rings (SSSR count). The molecule has 1 aromatic carbocycles. The van der Waals surface area contributed by atoms with Crippen molar-refractivity contribution in [3.8, 4) is 11.1 Å². The minimum absolute atomic E-state index is 0.0732. The van der Waals surface area contributed by atoms with E-state index in [0.29, 0.717) is 22.5 Å². The van der Waals surface area contributed by atoms with Gasteiger partial charge in [-0.05, 0) is 31.1 Å². The first-order valence-corrected chi connectivity index (χ1v) is 10.3. The zero-order valence-corrected chi connectivity index (χ0v) is 17.7. The average molecular weight is 436 g/mol. The second-order valence-electron chi connectivity index (χ2n) is 5.99. The number of thiocarbonyl (C=S) groups is 1. The highest BCUT2D eigenvalue weighted by molar-refractivity contribution is 7.80. The Morgan fingerprint density at radius 3 is 2.72 bits per heavy atom. The van der Waals surface area contributed by atoms with Gasteiger partial charge in [0, 0.05) is 29.5 Å². The van der Waals surface area contributed by atoms with E-state index in [2.05, 4.69) is 10.6 Å². The van der Waals surface area contributed by atoms with Crippen molar-refractivity contribution in [2.24, 2.45) is 0 Å². The molecule has 1 aromatic heterocycles. The smallest absolute Gasteiger partial charge is 0.341 e. The first-order chi connectivity index (χ1) is 13.9. The molecule has 1 amide bonds. The molecule has 0 aliphatic heterocycles. The van der Waals surface area contributed by atoms with Crippen molar-refractivity contribution in [2.45, 2.75) is 33.1 Å². The number of carbonyl (C=O) groups excluding carboxylic acids is 2. The summed E-state index contributed by atoms with van der Waals surface area (Å²) < 4.78 is 5.15. The fourth-order valence-corrected chi connectivity index (χ4v) is 3.76. The molecule has 0 saturated carbocycles. The summed E-state index contributed by atoms with van der Waals surface area (Å²) in [5, 5.41) is 18.7. The number of hydrogen-bond donors (Lipinski definition) is 2. The summed E-state index contributed by atoms with van der Waals surface area (Å²) in [6, 6.07) is 5.98. The Balaban J connectivity index is 2.33. The number of hydrogen-bond acceptors (Lipinski definition) is 7. The second kappa shape index (κ2) is 10.6. The molecule has 29 heavy (non-hydrogen) atoms. The van der Waals surface area contributed by atoms with Gasteiger partial charge in [0.25, 0.3) is 5.69 Å². The predicted octanol–water partition coefficient (Wildman–Crippen LogP) is 4.50. The monoisotopic (exact) mass is 435 g/mol. The van der Waals surface area contributed by atoms with Crippen molar-refractivity contribution >= 4 is 51.2 Å². The number of ether oxygens (including phenoxy) is 1. The van der Waals surface area contributed by atoms with E-state index in [9.17, 15) is 19.7 Å². The zero-order valence-electron chi connectivity index (χ0n) is 16.0. The third kappa shape index (κ3) is 6.06. The summed E-state index contributed by atoms with van der Waals surface area (Å²) >= 11 is 6.37. The van der Waals surface area contributed by atoms with E-state index >= 15 is 0 Å². The molecule has 2 aromatic rings. The molecule has 0 radical (unpaired) electrons. The zero-order chi connectivity index (χ0) is 21.4. The largest absolute Gasteiger partial charge is 0.462 e. The van der Waals surface area contributed by atoms with Gasteiger partial charge in [-0.1, -0.05) is 25.5 Å². The number of anilines is 1. The van der Waals surface area contributed by atoms with E-state index in [0.717, 1.165) is 12.8 Å². The summed E-state index contributed by atoms with van der Waals surface area (Å²) in [4.78, 5) is 35.0. The maximum Gasteiger partial charge on any atom is 0.341 e. The summed E-state index contributed by atoms with van der Waals surface area (Å²) in [5.41, 5.74) is 1.11. The van der Waals surface area contributed by atoms with Gasteiger partial charge < -0.3 is 15.4 Å². The van der Waals surface area contributed by atoms with Crippen LogP contribution in [-0.4, -0.2) is 28.5 Å². The number of non-ortho nitro benzene ring substituents is 1. The fraction of sp³-hybridized carbons (Fsp3) is 0.316. The first-order valence-electron chi connectivity index (χ1n) is 9.01. The molecule has 0 spiro atoms. The standard InChI is InChI=1S/C19H21N3O5S2/c1-3-5-9-15(23)20-19(28)21-17-16(18(24)27-4-2)14(11-29-17)12-7-6-8-13(10-12)22(25)26/h6-8,10-11H,3-5,9H2,1-2H3,(H2,20,21,23,28). The van der Waals surface area contributed by atoms with E-state index in [4.69, 9.17) is 17.0 Å². The van der Waals surface area contributed by atoms with Crippen LogP contribution in [0.15, 0.2) is 29.6 Å². The minimum Gasteiger partial charge on any atom is -0.462 e. The Morgan fingerprint density at radius 2 is 2.07 bits per heavy atom. The maximum atomic E-state index is 12.6. The van der Waals surface area contributed by atoms with E-state index in [1.54, 1.807) is 24.4 Å². The molecule has 154 valence electrons. The van der Waals surface area contributed by atoms with Gasteiger partial charge in [-0.3, -0.25) is 14.9 Å². The molecule has 0 aliphatic carbocycles. The third-order valence-electron chi connectivity index (χ3n) is 3.88. The number of nitrogens with one attached hydrogen (secondary N) is 2. The Morgan fingerprint density at radius 1 is 1.31 bits per heavy atom. The topological polar surface area (TPSA) is 111 Å². The number of nitrogens with zero attached hydrogens (tertiary/aromatic N) is 1. The van der Waals surface area contributed by atoms with Gasteiger partial charge in [-0.15, -0.1) is 11.3 Å². The quantitative estimate of drug-likeness (QED) is 0.272. The average Bonchev–Trinajstić information content (AvgIpc) is 3.10. The van der Waals surface area contributed by atoms with Crippen molar-refractivity contribution in [2.75, 3.05) is 11.9 Å². The van der Waals surface area contributed by atoms with Gasteiger partial charge in [0.15, 0.2) is 5.11 Å². The molecule has 0 unspecified atom stereocenters. The lowest BCUT2D eigenvalue weighted by molar-refractivity contribution is -0.384. The molecular weight excluding hydrogens is 414 g/mol. The van der Waals surface area contributed by atoms with E-state index in [1.165, 1.54) is 23.5 Å². The molecule has 10 heteroatoms. The number of unbranched alkanes of at least 4 members (excludes halogenated alkanes) is 1. The minimum atomic E-state index is -0.585. The number of carbonyl (C=O) groups is 2. The first kappa shape index (κ1) is 22.4. The molecule has 1 heterocycles. The van der Waals surface area contributed by atoms with Crippen LogP contribution in [0.3, 0.4) is 0 Å².